The molecule has 4 aromatic carbocycles. The van der Waals surface area contributed by atoms with Crippen LogP contribution >= 0.6 is 15.9 Å². The molecule has 0 amide bonds. The monoisotopic (exact) mass is 403 g/mol. The lowest BCUT2D eigenvalue weighted by molar-refractivity contribution is 0.201. The SMILES string of the molecule is Brc1ccc2c3c(ccc2c1)OC(Nc1cccc2ccccc12)CC3. The summed E-state index contributed by atoms with van der Waals surface area (Å²) in [5.74, 6) is 0.990. The van der Waals surface area contributed by atoms with Crippen LogP contribution in [0.2, 0.25) is 0 Å². The molecule has 3 heteroatoms. The number of rotatable bonds is 2. The highest BCUT2D eigenvalue weighted by molar-refractivity contribution is 9.10. The van der Waals surface area contributed by atoms with E-state index in [1.165, 1.54) is 27.1 Å². The Hall–Kier alpha value is -2.52. The van der Waals surface area contributed by atoms with Gasteiger partial charge >= 0.3 is 0 Å². The van der Waals surface area contributed by atoms with Crippen molar-refractivity contribution in [2.24, 2.45) is 0 Å². The van der Waals surface area contributed by atoms with Gasteiger partial charge in [0, 0.05) is 27.5 Å². The molecule has 26 heavy (non-hydrogen) atoms. The summed E-state index contributed by atoms with van der Waals surface area (Å²) in [6, 6.07) is 25.5. The summed E-state index contributed by atoms with van der Waals surface area (Å²) < 4.78 is 7.41. The fraction of sp³-hybridized carbons (Fsp3) is 0.130. The van der Waals surface area contributed by atoms with E-state index in [2.05, 4.69) is 94.0 Å². The van der Waals surface area contributed by atoms with Gasteiger partial charge in [0.25, 0.3) is 0 Å². The third kappa shape index (κ3) is 2.73. The number of anilines is 1. The van der Waals surface area contributed by atoms with Gasteiger partial charge in [-0.15, -0.1) is 0 Å². The van der Waals surface area contributed by atoms with E-state index in [4.69, 9.17) is 4.74 Å². The highest BCUT2D eigenvalue weighted by atomic mass is 79.9. The highest BCUT2D eigenvalue weighted by Gasteiger charge is 2.21. The fourth-order valence-electron chi connectivity index (χ4n) is 3.83. The maximum atomic E-state index is 6.30. The van der Waals surface area contributed by atoms with Gasteiger partial charge in [0.2, 0.25) is 0 Å². The van der Waals surface area contributed by atoms with Crippen molar-refractivity contribution < 1.29 is 4.74 Å². The van der Waals surface area contributed by atoms with Crippen LogP contribution in [0.3, 0.4) is 0 Å². The number of fused-ring (bicyclic) bond motifs is 4. The first-order valence-corrected chi connectivity index (χ1v) is 9.69. The minimum Gasteiger partial charge on any atom is -0.470 e. The van der Waals surface area contributed by atoms with Gasteiger partial charge in [0.15, 0.2) is 6.23 Å². The van der Waals surface area contributed by atoms with Crippen LogP contribution in [0.1, 0.15) is 12.0 Å². The second kappa shape index (κ2) is 6.33. The van der Waals surface area contributed by atoms with Crippen molar-refractivity contribution in [1.29, 1.82) is 0 Å². The van der Waals surface area contributed by atoms with Crippen LogP contribution in [0.25, 0.3) is 21.5 Å². The van der Waals surface area contributed by atoms with Crippen molar-refractivity contribution in [2.45, 2.75) is 19.1 Å². The minimum absolute atomic E-state index is 0.0128. The smallest absolute Gasteiger partial charge is 0.170 e. The molecule has 0 saturated heterocycles. The molecule has 1 unspecified atom stereocenters. The Morgan fingerprint density at radius 3 is 2.69 bits per heavy atom. The largest absolute Gasteiger partial charge is 0.470 e. The molecule has 0 bridgehead atoms. The molecule has 2 nitrogen and oxygen atoms in total. The summed E-state index contributed by atoms with van der Waals surface area (Å²) in [4.78, 5) is 0. The summed E-state index contributed by atoms with van der Waals surface area (Å²) in [6.45, 7) is 0. The lowest BCUT2D eigenvalue weighted by atomic mass is 9.97. The third-order valence-electron chi connectivity index (χ3n) is 5.08. The van der Waals surface area contributed by atoms with Gasteiger partial charge in [-0.1, -0.05) is 64.5 Å². The van der Waals surface area contributed by atoms with Crippen LogP contribution in [0.4, 0.5) is 5.69 Å². The molecule has 0 aliphatic carbocycles. The first-order chi connectivity index (χ1) is 12.8. The lowest BCUT2D eigenvalue weighted by Crippen LogP contribution is -2.30. The quantitative estimate of drug-likeness (QED) is 0.411. The molecule has 5 rings (SSSR count). The minimum atomic E-state index is -0.0128. The Morgan fingerprint density at radius 1 is 0.846 bits per heavy atom. The maximum absolute atomic E-state index is 6.30. The van der Waals surface area contributed by atoms with Gasteiger partial charge < -0.3 is 10.1 Å². The molecule has 0 spiro atoms. The molecule has 1 N–H and O–H groups in total. The van der Waals surface area contributed by atoms with Gasteiger partial charge in [-0.05, 0) is 46.8 Å². The summed E-state index contributed by atoms with van der Waals surface area (Å²) in [7, 11) is 0. The van der Waals surface area contributed by atoms with Crippen LogP contribution in [0.15, 0.2) is 77.3 Å². The van der Waals surface area contributed by atoms with Crippen LogP contribution < -0.4 is 10.1 Å². The number of nitrogens with one attached hydrogen (secondary N) is 1. The van der Waals surface area contributed by atoms with Crippen LogP contribution in [0.5, 0.6) is 5.75 Å². The normalized spacial score (nSPS) is 16.3. The van der Waals surface area contributed by atoms with Gasteiger partial charge in [-0.2, -0.15) is 0 Å². The molecule has 1 atom stereocenters. The molecule has 128 valence electrons. The second-order valence-corrected chi connectivity index (χ2v) is 7.64. The van der Waals surface area contributed by atoms with Gasteiger partial charge in [0.1, 0.15) is 5.75 Å². The van der Waals surface area contributed by atoms with Crippen LogP contribution in [-0.2, 0) is 6.42 Å². The predicted molar refractivity (Wildman–Crippen MR) is 112 cm³/mol. The summed E-state index contributed by atoms with van der Waals surface area (Å²) in [5.41, 5.74) is 2.44. The zero-order chi connectivity index (χ0) is 17.5. The topological polar surface area (TPSA) is 21.3 Å². The summed E-state index contributed by atoms with van der Waals surface area (Å²) >= 11 is 3.55. The van der Waals surface area contributed by atoms with Crippen molar-refractivity contribution in [1.82, 2.24) is 0 Å². The molecule has 0 radical (unpaired) electrons. The van der Waals surface area contributed by atoms with Crippen molar-refractivity contribution >= 4 is 43.2 Å². The molecular formula is C23H18BrNO. The maximum Gasteiger partial charge on any atom is 0.170 e. The molecule has 0 fully saturated rings. The molecule has 0 saturated carbocycles. The fourth-order valence-corrected chi connectivity index (χ4v) is 4.21. The standard InChI is InChI=1S/C23H18BrNO/c24-17-9-10-18-16(14-17)8-12-22-20(18)11-13-23(26-22)25-21-7-3-5-15-4-1-2-6-19(15)21/h1-10,12,14,23,25H,11,13H2. The second-order valence-electron chi connectivity index (χ2n) is 6.72. The molecule has 1 aliphatic heterocycles. The summed E-state index contributed by atoms with van der Waals surface area (Å²) in [6.07, 6.45) is 1.95. The van der Waals surface area contributed by atoms with E-state index in [-0.39, 0.29) is 6.23 Å². The molecular weight excluding hydrogens is 386 g/mol. The Balaban J connectivity index is 1.46. The third-order valence-corrected chi connectivity index (χ3v) is 5.58. The van der Waals surface area contributed by atoms with Crippen LogP contribution in [0, 0.1) is 0 Å². The van der Waals surface area contributed by atoms with Crippen molar-refractivity contribution in [3.05, 3.63) is 82.8 Å². The van der Waals surface area contributed by atoms with E-state index in [0.717, 1.165) is 28.8 Å². The predicted octanol–water partition coefficient (Wildman–Crippen LogP) is 6.52. The first-order valence-electron chi connectivity index (χ1n) is 8.90. The Kier molecular flexibility index (Phi) is 3.83. The Morgan fingerprint density at radius 2 is 1.73 bits per heavy atom. The van der Waals surface area contributed by atoms with E-state index in [1.54, 1.807) is 0 Å². The van der Waals surface area contributed by atoms with E-state index in [9.17, 15) is 0 Å². The molecule has 1 heterocycles. The average molecular weight is 404 g/mol. The van der Waals surface area contributed by atoms with E-state index < -0.39 is 0 Å². The summed E-state index contributed by atoms with van der Waals surface area (Å²) in [5, 5.41) is 8.60. The van der Waals surface area contributed by atoms with Gasteiger partial charge in [0.05, 0.1) is 0 Å². The van der Waals surface area contributed by atoms with Crippen LogP contribution in [-0.4, -0.2) is 6.23 Å². The first kappa shape index (κ1) is 15.7. The number of benzene rings is 4. The molecule has 0 aromatic heterocycles. The highest BCUT2D eigenvalue weighted by Crippen LogP contribution is 2.35. The van der Waals surface area contributed by atoms with E-state index >= 15 is 0 Å². The number of halogens is 1. The van der Waals surface area contributed by atoms with Gasteiger partial charge in [-0.25, -0.2) is 0 Å². The Labute approximate surface area is 160 Å². The molecule has 4 aromatic rings. The number of ether oxygens (including phenoxy) is 1. The average Bonchev–Trinajstić information content (AvgIpc) is 2.68. The van der Waals surface area contributed by atoms with E-state index in [1.807, 2.05) is 0 Å². The number of hydrogen-bond donors (Lipinski definition) is 1. The van der Waals surface area contributed by atoms with Crippen molar-refractivity contribution in [3.8, 4) is 5.75 Å². The lowest BCUT2D eigenvalue weighted by Gasteiger charge is -2.28. The molecule has 1 aliphatic rings. The van der Waals surface area contributed by atoms with Crippen molar-refractivity contribution in [2.75, 3.05) is 5.32 Å². The zero-order valence-corrected chi connectivity index (χ0v) is 15.8. The Bertz CT molecular complexity index is 1120. The number of aryl methyl sites for hydroxylation is 1. The zero-order valence-electron chi connectivity index (χ0n) is 14.2. The van der Waals surface area contributed by atoms with Gasteiger partial charge in [-0.3, -0.25) is 0 Å². The van der Waals surface area contributed by atoms with Crippen molar-refractivity contribution in [3.63, 3.8) is 0 Å². The van der Waals surface area contributed by atoms with E-state index in [0.29, 0.717) is 0 Å². The number of hydrogen-bond acceptors (Lipinski definition) is 2.